The standard InChI is InChI=1S/C17H11NO5/c19-15-12(17(22)23)10-7-4-8-11(16(20)21)14(10)18-13(15)9-5-2-1-3-6-9/h1-8,19H,(H,20,21)(H,22,23). The monoisotopic (exact) mass is 309 g/mol. The molecule has 0 aliphatic carbocycles. The predicted octanol–water partition coefficient (Wildman–Crippen LogP) is 3.00. The summed E-state index contributed by atoms with van der Waals surface area (Å²) in [5, 5.41) is 29.2. The second kappa shape index (κ2) is 5.42. The smallest absolute Gasteiger partial charge is 0.340 e. The first-order valence-electron chi connectivity index (χ1n) is 6.68. The van der Waals surface area contributed by atoms with Crippen LogP contribution in [0.4, 0.5) is 0 Å². The summed E-state index contributed by atoms with van der Waals surface area (Å²) in [7, 11) is 0. The van der Waals surface area contributed by atoms with E-state index in [9.17, 15) is 24.9 Å². The van der Waals surface area contributed by atoms with Gasteiger partial charge in [0.05, 0.1) is 11.1 Å². The van der Waals surface area contributed by atoms with Crippen LogP contribution in [0.3, 0.4) is 0 Å². The van der Waals surface area contributed by atoms with Crippen LogP contribution >= 0.6 is 0 Å². The first-order valence-corrected chi connectivity index (χ1v) is 6.68. The molecule has 3 aromatic rings. The van der Waals surface area contributed by atoms with Gasteiger partial charge in [0.15, 0.2) is 5.75 Å². The van der Waals surface area contributed by atoms with Gasteiger partial charge in [-0.2, -0.15) is 0 Å². The number of aromatic carboxylic acids is 2. The fourth-order valence-corrected chi connectivity index (χ4v) is 2.46. The van der Waals surface area contributed by atoms with E-state index in [1.165, 1.54) is 18.2 Å². The Morgan fingerprint density at radius 2 is 1.57 bits per heavy atom. The number of carboxylic acid groups (broad SMARTS) is 2. The van der Waals surface area contributed by atoms with Crippen LogP contribution in [0.25, 0.3) is 22.2 Å². The minimum Gasteiger partial charge on any atom is -0.505 e. The molecule has 0 amide bonds. The van der Waals surface area contributed by atoms with Crippen molar-refractivity contribution in [1.29, 1.82) is 0 Å². The van der Waals surface area contributed by atoms with Crippen molar-refractivity contribution in [3.8, 4) is 17.0 Å². The number of hydrogen-bond donors (Lipinski definition) is 3. The number of rotatable bonds is 3. The van der Waals surface area contributed by atoms with Crippen molar-refractivity contribution < 1.29 is 24.9 Å². The molecule has 23 heavy (non-hydrogen) atoms. The summed E-state index contributed by atoms with van der Waals surface area (Å²) in [6.45, 7) is 0. The Kier molecular flexibility index (Phi) is 3.42. The molecule has 2 aromatic carbocycles. The zero-order valence-corrected chi connectivity index (χ0v) is 11.7. The number of hydrogen-bond acceptors (Lipinski definition) is 4. The molecule has 114 valence electrons. The van der Waals surface area contributed by atoms with Gasteiger partial charge in [0, 0.05) is 10.9 Å². The lowest BCUT2D eigenvalue weighted by Crippen LogP contribution is -2.05. The molecule has 0 spiro atoms. The Hall–Kier alpha value is -3.41. The third-order valence-corrected chi connectivity index (χ3v) is 3.48. The van der Waals surface area contributed by atoms with Crippen LogP contribution in [-0.4, -0.2) is 32.2 Å². The SMILES string of the molecule is O=C(O)c1c(O)c(-c2ccccc2)nc2c(C(=O)O)cccc12. The van der Waals surface area contributed by atoms with Crippen molar-refractivity contribution in [2.75, 3.05) is 0 Å². The maximum atomic E-state index is 11.6. The number of aromatic hydroxyl groups is 1. The lowest BCUT2D eigenvalue weighted by atomic mass is 10.00. The third kappa shape index (κ3) is 2.36. The summed E-state index contributed by atoms with van der Waals surface area (Å²) < 4.78 is 0. The number of nitrogens with zero attached hydrogens (tertiary/aromatic N) is 1. The molecule has 0 fully saturated rings. The number of carboxylic acids is 2. The Labute approximate surface area is 130 Å². The van der Waals surface area contributed by atoms with Gasteiger partial charge in [-0.05, 0) is 6.07 Å². The summed E-state index contributed by atoms with van der Waals surface area (Å²) in [4.78, 5) is 27.2. The molecular formula is C17H11NO5. The average molecular weight is 309 g/mol. The summed E-state index contributed by atoms with van der Waals surface area (Å²) in [6, 6.07) is 12.7. The third-order valence-electron chi connectivity index (χ3n) is 3.48. The summed E-state index contributed by atoms with van der Waals surface area (Å²) in [6.07, 6.45) is 0. The van der Waals surface area contributed by atoms with Crippen LogP contribution in [0.15, 0.2) is 48.5 Å². The maximum absolute atomic E-state index is 11.6. The van der Waals surface area contributed by atoms with Crippen LogP contribution in [0.1, 0.15) is 20.7 Å². The maximum Gasteiger partial charge on any atom is 0.340 e. The highest BCUT2D eigenvalue weighted by molar-refractivity contribution is 6.11. The first-order chi connectivity index (χ1) is 11.0. The van der Waals surface area contributed by atoms with Gasteiger partial charge in [-0.3, -0.25) is 0 Å². The molecule has 1 heterocycles. The quantitative estimate of drug-likeness (QED) is 0.686. The Morgan fingerprint density at radius 1 is 0.870 bits per heavy atom. The molecule has 1 aromatic heterocycles. The van der Waals surface area contributed by atoms with E-state index in [1.54, 1.807) is 30.3 Å². The molecular weight excluding hydrogens is 298 g/mol. The topological polar surface area (TPSA) is 108 Å². The van der Waals surface area contributed by atoms with Crippen LogP contribution < -0.4 is 0 Å². The zero-order chi connectivity index (χ0) is 16.6. The van der Waals surface area contributed by atoms with Crippen LogP contribution in [-0.2, 0) is 0 Å². The van der Waals surface area contributed by atoms with E-state index in [2.05, 4.69) is 4.98 Å². The lowest BCUT2D eigenvalue weighted by molar-refractivity contribution is 0.0684. The van der Waals surface area contributed by atoms with Crippen molar-refractivity contribution >= 4 is 22.8 Å². The van der Waals surface area contributed by atoms with Gasteiger partial charge in [0.25, 0.3) is 0 Å². The van der Waals surface area contributed by atoms with Crippen LogP contribution in [0.2, 0.25) is 0 Å². The first kappa shape index (κ1) is 14.5. The van der Waals surface area contributed by atoms with E-state index < -0.39 is 17.7 Å². The van der Waals surface area contributed by atoms with Crippen LogP contribution in [0, 0.1) is 0 Å². The van der Waals surface area contributed by atoms with Gasteiger partial charge in [0.2, 0.25) is 0 Å². The molecule has 0 bridgehead atoms. The highest BCUT2D eigenvalue weighted by atomic mass is 16.4. The second-order valence-electron chi connectivity index (χ2n) is 4.86. The van der Waals surface area contributed by atoms with Crippen molar-refractivity contribution in [2.45, 2.75) is 0 Å². The van der Waals surface area contributed by atoms with E-state index in [4.69, 9.17) is 0 Å². The number of benzene rings is 2. The Morgan fingerprint density at radius 3 is 2.17 bits per heavy atom. The predicted molar refractivity (Wildman–Crippen MR) is 82.8 cm³/mol. The van der Waals surface area contributed by atoms with Crippen molar-refractivity contribution in [3.05, 3.63) is 59.7 Å². The summed E-state index contributed by atoms with van der Waals surface area (Å²) in [5.41, 5.74) is 0.0620. The fourth-order valence-electron chi connectivity index (χ4n) is 2.46. The van der Waals surface area contributed by atoms with E-state index in [-0.39, 0.29) is 27.7 Å². The molecule has 0 atom stereocenters. The largest absolute Gasteiger partial charge is 0.505 e. The molecule has 3 N–H and O–H groups in total. The number of aromatic nitrogens is 1. The van der Waals surface area contributed by atoms with Crippen LogP contribution in [0.5, 0.6) is 5.75 Å². The highest BCUT2D eigenvalue weighted by Gasteiger charge is 2.23. The number of carbonyl (C=O) groups is 2. The molecule has 6 nitrogen and oxygen atoms in total. The number of para-hydroxylation sites is 1. The number of pyridine rings is 1. The Balaban J connectivity index is 2.48. The minimum absolute atomic E-state index is 0.0223. The fraction of sp³-hybridized carbons (Fsp3) is 0. The Bertz CT molecular complexity index is 935. The molecule has 0 aliphatic rings. The summed E-state index contributed by atoms with van der Waals surface area (Å²) >= 11 is 0. The molecule has 0 saturated heterocycles. The highest BCUT2D eigenvalue weighted by Crippen LogP contribution is 2.36. The summed E-state index contributed by atoms with van der Waals surface area (Å²) in [5.74, 6) is -3.06. The van der Waals surface area contributed by atoms with E-state index in [0.717, 1.165) is 0 Å². The molecule has 0 saturated carbocycles. The lowest BCUT2D eigenvalue weighted by Gasteiger charge is -2.12. The molecule has 0 radical (unpaired) electrons. The van der Waals surface area contributed by atoms with Gasteiger partial charge in [-0.15, -0.1) is 0 Å². The van der Waals surface area contributed by atoms with E-state index in [0.29, 0.717) is 5.56 Å². The van der Waals surface area contributed by atoms with Gasteiger partial charge >= 0.3 is 11.9 Å². The molecule has 6 heteroatoms. The molecule has 0 aliphatic heterocycles. The van der Waals surface area contributed by atoms with Gasteiger partial charge in [0.1, 0.15) is 11.3 Å². The minimum atomic E-state index is -1.35. The average Bonchev–Trinajstić information content (AvgIpc) is 2.53. The number of fused-ring (bicyclic) bond motifs is 1. The van der Waals surface area contributed by atoms with Crippen molar-refractivity contribution in [1.82, 2.24) is 4.98 Å². The van der Waals surface area contributed by atoms with Gasteiger partial charge in [-0.1, -0.05) is 42.5 Å². The van der Waals surface area contributed by atoms with Gasteiger partial charge in [-0.25, -0.2) is 14.6 Å². The van der Waals surface area contributed by atoms with Crippen molar-refractivity contribution in [2.24, 2.45) is 0 Å². The van der Waals surface area contributed by atoms with Crippen molar-refractivity contribution in [3.63, 3.8) is 0 Å². The second-order valence-corrected chi connectivity index (χ2v) is 4.86. The molecule has 0 unspecified atom stereocenters. The zero-order valence-electron chi connectivity index (χ0n) is 11.7. The molecule has 3 rings (SSSR count). The van der Waals surface area contributed by atoms with Gasteiger partial charge < -0.3 is 15.3 Å². The normalized spacial score (nSPS) is 10.6. The van der Waals surface area contributed by atoms with E-state index >= 15 is 0 Å². The van der Waals surface area contributed by atoms with E-state index in [1.807, 2.05) is 0 Å².